The Balaban J connectivity index is 0. The molecule has 30 heavy (non-hydrogen) atoms. The molecule has 2 N–H and O–H groups in total. The van der Waals surface area contributed by atoms with Gasteiger partial charge in [-0.25, -0.2) is 4.57 Å². The summed E-state index contributed by atoms with van der Waals surface area (Å²) in [6, 6.07) is 0. The van der Waals surface area contributed by atoms with Crippen molar-refractivity contribution in [2.45, 2.75) is 136 Å². The molecule has 0 aliphatic rings. The zero-order valence-corrected chi connectivity index (χ0v) is 19.9. The third kappa shape index (κ3) is 27.1. The summed E-state index contributed by atoms with van der Waals surface area (Å²) in [6.07, 6.45) is 20.8. The van der Waals surface area contributed by atoms with Gasteiger partial charge in [-0.15, -0.1) is 4.67 Å². The van der Waals surface area contributed by atoms with Crippen LogP contribution in [0, 0.1) is 0 Å². The average Bonchev–Trinajstić information content (AvgIpc) is 2.68. The quantitative estimate of drug-likeness (QED) is 0.0435. The van der Waals surface area contributed by atoms with Gasteiger partial charge in [0.2, 0.25) is 0 Å². The van der Waals surface area contributed by atoms with Crippen LogP contribution < -0.4 is 0 Å². The second-order valence-electron chi connectivity index (χ2n) is 8.05. The predicted molar refractivity (Wildman–Crippen MR) is 126 cm³/mol. The van der Waals surface area contributed by atoms with E-state index < -0.39 is 14.1 Å². The van der Waals surface area contributed by atoms with Crippen LogP contribution in [-0.2, 0) is 18.9 Å². The van der Waals surface area contributed by atoms with Crippen LogP contribution in [0.2, 0.25) is 0 Å². The van der Waals surface area contributed by atoms with Crippen LogP contribution in [0.3, 0.4) is 0 Å². The van der Waals surface area contributed by atoms with Gasteiger partial charge in [-0.2, -0.15) is 4.89 Å². The Morgan fingerprint density at radius 2 is 1.07 bits per heavy atom. The summed E-state index contributed by atoms with van der Waals surface area (Å²) in [6.45, 7) is 4.92. The molecular weight excluding hydrogens is 414 g/mol. The van der Waals surface area contributed by atoms with Crippen molar-refractivity contribution < 1.29 is 28.7 Å². The maximum absolute atomic E-state index is 10.8. The SMILES string of the molecule is CCCCCCCCCCCCCCCC(OCCCCCC)OOP(=O)(O)O.[NaH]. The third-order valence-corrected chi connectivity index (χ3v) is 5.37. The normalized spacial score (nSPS) is 12.7. The van der Waals surface area contributed by atoms with Crippen molar-refractivity contribution in [3.63, 3.8) is 0 Å². The van der Waals surface area contributed by atoms with Crippen molar-refractivity contribution >= 4 is 37.4 Å². The summed E-state index contributed by atoms with van der Waals surface area (Å²) in [4.78, 5) is 22.4. The Morgan fingerprint density at radius 3 is 1.50 bits per heavy atom. The van der Waals surface area contributed by atoms with E-state index in [2.05, 4.69) is 18.5 Å². The Bertz CT molecular complexity index is 381. The van der Waals surface area contributed by atoms with Gasteiger partial charge in [0.05, 0.1) is 0 Å². The van der Waals surface area contributed by atoms with Crippen LogP contribution in [0.25, 0.3) is 0 Å². The standard InChI is InChI=1S/C22H47O6P.Na.H/c1-3-5-7-9-10-11-12-13-14-15-16-17-18-20-22(27-28-29(23,24)25)26-21-19-8-6-4-2;;/h22H,3-21H2,1-2H3,(H2,23,24,25);;. The molecule has 0 radical (unpaired) electrons. The minimum atomic E-state index is -4.64. The maximum atomic E-state index is 10.8. The molecule has 0 saturated carbocycles. The van der Waals surface area contributed by atoms with Gasteiger partial charge in [0.15, 0.2) is 6.29 Å². The van der Waals surface area contributed by atoms with E-state index in [0.717, 1.165) is 38.5 Å². The summed E-state index contributed by atoms with van der Waals surface area (Å²) in [5.41, 5.74) is 0. The molecule has 0 aromatic heterocycles. The summed E-state index contributed by atoms with van der Waals surface area (Å²) in [5, 5.41) is 0. The first kappa shape index (κ1) is 33.2. The van der Waals surface area contributed by atoms with Crippen LogP contribution in [0.1, 0.15) is 129 Å². The molecule has 0 saturated heterocycles. The number of hydrogen-bond acceptors (Lipinski definition) is 4. The first-order chi connectivity index (χ1) is 14.0. The fourth-order valence-corrected chi connectivity index (χ4v) is 3.54. The summed E-state index contributed by atoms with van der Waals surface area (Å²) in [7, 11) is -4.64. The van der Waals surface area contributed by atoms with E-state index in [4.69, 9.17) is 19.4 Å². The molecule has 178 valence electrons. The van der Waals surface area contributed by atoms with Crippen LogP contribution in [0.4, 0.5) is 0 Å². The van der Waals surface area contributed by atoms with Gasteiger partial charge in [0, 0.05) is 13.0 Å². The number of hydrogen-bond donors (Lipinski definition) is 2. The topological polar surface area (TPSA) is 85.2 Å². The van der Waals surface area contributed by atoms with Gasteiger partial charge in [0.1, 0.15) is 0 Å². The summed E-state index contributed by atoms with van der Waals surface area (Å²) >= 11 is 0. The molecule has 0 aromatic carbocycles. The molecule has 0 amide bonds. The summed E-state index contributed by atoms with van der Waals surface area (Å²) in [5.74, 6) is 0. The number of rotatable bonds is 23. The van der Waals surface area contributed by atoms with E-state index in [1.54, 1.807) is 0 Å². The molecule has 0 aromatic rings. The van der Waals surface area contributed by atoms with E-state index in [0.29, 0.717) is 13.0 Å². The predicted octanol–water partition coefficient (Wildman–Crippen LogP) is 6.78. The van der Waals surface area contributed by atoms with E-state index in [9.17, 15) is 4.57 Å². The number of ether oxygens (including phenoxy) is 1. The molecular formula is C22H48NaO6P. The van der Waals surface area contributed by atoms with E-state index in [1.807, 2.05) is 0 Å². The third-order valence-electron chi connectivity index (χ3n) is 5.09. The minimum absolute atomic E-state index is 0. The average molecular weight is 463 g/mol. The molecule has 0 aliphatic carbocycles. The molecule has 1 atom stereocenters. The Kier molecular flexibility index (Phi) is 27.3. The second-order valence-corrected chi connectivity index (χ2v) is 9.18. The molecule has 8 heteroatoms. The van der Waals surface area contributed by atoms with Gasteiger partial charge in [-0.3, -0.25) is 0 Å². The number of unbranched alkanes of at least 4 members (excludes halogenated alkanes) is 15. The van der Waals surface area contributed by atoms with E-state index >= 15 is 0 Å². The van der Waals surface area contributed by atoms with Crippen molar-refractivity contribution in [2.24, 2.45) is 0 Å². The molecule has 6 nitrogen and oxygen atoms in total. The van der Waals surface area contributed by atoms with Crippen molar-refractivity contribution in [3.8, 4) is 0 Å². The van der Waals surface area contributed by atoms with Crippen LogP contribution in [0.15, 0.2) is 0 Å². The van der Waals surface area contributed by atoms with Crippen molar-refractivity contribution in [3.05, 3.63) is 0 Å². The van der Waals surface area contributed by atoms with Crippen molar-refractivity contribution in [2.75, 3.05) is 6.61 Å². The molecule has 0 heterocycles. The van der Waals surface area contributed by atoms with Gasteiger partial charge in [-0.05, 0) is 12.8 Å². The second kappa shape index (κ2) is 24.7. The Hall–Kier alpha value is 1.03. The van der Waals surface area contributed by atoms with Gasteiger partial charge in [-0.1, -0.05) is 110 Å². The monoisotopic (exact) mass is 462 g/mol. The molecule has 0 spiro atoms. The Labute approximate surface area is 207 Å². The van der Waals surface area contributed by atoms with Crippen LogP contribution in [-0.4, -0.2) is 52.2 Å². The Morgan fingerprint density at radius 1 is 0.667 bits per heavy atom. The van der Waals surface area contributed by atoms with E-state index in [-0.39, 0.29) is 29.6 Å². The van der Waals surface area contributed by atoms with Crippen molar-refractivity contribution in [1.29, 1.82) is 0 Å². The molecule has 0 bridgehead atoms. The van der Waals surface area contributed by atoms with Crippen LogP contribution in [0.5, 0.6) is 0 Å². The van der Waals surface area contributed by atoms with Gasteiger partial charge >= 0.3 is 37.4 Å². The number of phosphoric acid groups is 1. The van der Waals surface area contributed by atoms with Gasteiger partial charge < -0.3 is 14.5 Å². The molecule has 1 unspecified atom stereocenters. The fraction of sp³-hybridized carbons (Fsp3) is 1.00. The van der Waals surface area contributed by atoms with Gasteiger partial charge in [0.25, 0.3) is 0 Å². The summed E-state index contributed by atoms with van der Waals surface area (Å²) < 4.78 is 20.6. The molecule has 0 rings (SSSR count). The first-order valence-corrected chi connectivity index (χ1v) is 13.5. The zero-order chi connectivity index (χ0) is 21.6. The van der Waals surface area contributed by atoms with E-state index in [1.165, 1.54) is 70.6 Å². The molecule has 0 aliphatic heterocycles. The molecule has 0 fully saturated rings. The van der Waals surface area contributed by atoms with Crippen molar-refractivity contribution in [1.82, 2.24) is 0 Å². The first-order valence-electron chi connectivity index (χ1n) is 12.0. The van der Waals surface area contributed by atoms with Crippen LogP contribution >= 0.6 is 7.82 Å². The fourth-order valence-electron chi connectivity index (χ4n) is 3.34. The zero-order valence-electron chi connectivity index (χ0n) is 19.0.